The highest BCUT2D eigenvalue weighted by Gasteiger charge is 2.53. The fourth-order valence-electron chi connectivity index (χ4n) is 8.60. The fourth-order valence-corrected chi connectivity index (χ4v) is 9.16. The molecule has 3 aliphatic rings. The molecule has 1 unspecified atom stereocenters. The Labute approximate surface area is 431 Å². The molecule has 1 aromatic rings. The molecule has 0 bridgehead atoms. The highest BCUT2D eigenvalue weighted by molar-refractivity contribution is 6.39. The minimum absolute atomic E-state index is 0.0372. The third-order valence-electron chi connectivity index (χ3n) is 13.0. The van der Waals surface area contributed by atoms with Crippen LogP contribution in [0, 0.1) is 11.8 Å². The Morgan fingerprint density at radius 2 is 1.57 bits per heavy atom. The average Bonchev–Trinajstić information content (AvgIpc) is 3.32. The minimum atomic E-state index is -1.61. The van der Waals surface area contributed by atoms with E-state index in [1.807, 2.05) is 32.9 Å². The summed E-state index contributed by atoms with van der Waals surface area (Å²) in [5, 5.41) is 76.5. The lowest BCUT2D eigenvalue weighted by atomic mass is 9.88. The second kappa shape index (κ2) is 26.5. The van der Waals surface area contributed by atoms with Gasteiger partial charge in [-0.2, -0.15) is 0 Å². The number of carbonyl (C=O) groups is 3. The summed E-state index contributed by atoms with van der Waals surface area (Å²) in [7, 11) is 1.26. The molecule has 0 radical (unpaired) electrons. The first-order chi connectivity index (χ1) is 33.7. The van der Waals surface area contributed by atoms with E-state index in [2.05, 4.69) is 0 Å². The van der Waals surface area contributed by atoms with Crippen molar-refractivity contribution in [2.24, 2.45) is 11.8 Å². The standard InChI is InChI=1S/C52H74Cl2O18/c1-13-30-22-26(6)33(56)18-16-15-17-31(23-66-51-45(65-12)42(61)44(29(9)67-51)69-49(64)35-32(14-2)36(53)39(58)37(54)38(35)57)48(63)68-34(28(8)55)20-19-25(5)21-27(7)43(30)70-50-41(60)40(59)46(52(10,11)72-50)71-47(62)24(3)4/h15-17,19,21-22,24,28-30,33-34,40-46,50-51,55-61H,13-14,18,20,23H2,1-12H3/b16-15+,25-19+,26-22+,27-21+,31-17+/t28-,29-,30+,33+,34-,40-,41+,42+,43?,44-,45+,46+,50-,51-/m1/s1. The first-order valence-corrected chi connectivity index (χ1v) is 24.9. The van der Waals surface area contributed by atoms with Gasteiger partial charge < -0.3 is 73.6 Å². The molecule has 3 heterocycles. The van der Waals surface area contributed by atoms with Crippen LogP contribution in [0.4, 0.5) is 0 Å². The zero-order chi connectivity index (χ0) is 54.1. The van der Waals surface area contributed by atoms with E-state index in [0.29, 0.717) is 23.1 Å². The maximum absolute atomic E-state index is 13.9. The van der Waals surface area contributed by atoms with Gasteiger partial charge >= 0.3 is 17.9 Å². The lowest BCUT2D eigenvalue weighted by Gasteiger charge is -2.47. The Kier molecular flexibility index (Phi) is 22.4. The number of hydrogen-bond donors (Lipinski definition) is 7. The molecular weight excluding hydrogens is 983 g/mol. The summed E-state index contributed by atoms with van der Waals surface area (Å²) in [6.45, 7) is 18.1. The molecule has 7 N–H and O–H groups in total. The van der Waals surface area contributed by atoms with Crippen molar-refractivity contribution < 1.29 is 88.0 Å². The number of phenolic OH excluding ortho intramolecular Hbond substituents is 2. The van der Waals surface area contributed by atoms with Gasteiger partial charge in [0.2, 0.25) is 0 Å². The molecule has 2 saturated heterocycles. The van der Waals surface area contributed by atoms with Gasteiger partial charge in [0.15, 0.2) is 36.3 Å². The number of halogens is 2. The highest BCUT2D eigenvalue weighted by atomic mass is 35.5. The number of allylic oxidation sites excluding steroid dienone is 4. The van der Waals surface area contributed by atoms with E-state index in [1.54, 1.807) is 53.7 Å². The van der Waals surface area contributed by atoms with Crippen LogP contribution in [0.5, 0.6) is 11.5 Å². The molecule has 0 aromatic heterocycles. The molecule has 0 spiro atoms. The number of benzene rings is 1. The largest absolute Gasteiger partial charge is 0.505 e. The van der Waals surface area contributed by atoms with Crippen molar-refractivity contribution in [2.75, 3.05) is 13.7 Å². The van der Waals surface area contributed by atoms with E-state index in [-0.39, 0.29) is 35.4 Å². The Morgan fingerprint density at radius 1 is 0.903 bits per heavy atom. The van der Waals surface area contributed by atoms with Crippen molar-refractivity contribution in [3.63, 3.8) is 0 Å². The Hall–Kier alpha value is -3.89. The van der Waals surface area contributed by atoms with Crippen LogP contribution in [0.3, 0.4) is 0 Å². The number of rotatable bonds is 13. The lowest BCUT2D eigenvalue weighted by molar-refractivity contribution is -0.333. The number of aliphatic hydroxyl groups is 5. The molecule has 72 heavy (non-hydrogen) atoms. The molecule has 0 aliphatic carbocycles. The van der Waals surface area contributed by atoms with E-state index < -0.39 is 144 Å². The summed E-state index contributed by atoms with van der Waals surface area (Å²) in [4.78, 5) is 40.0. The van der Waals surface area contributed by atoms with Gasteiger partial charge in [-0.15, -0.1) is 0 Å². The summed E-state index contributed by atoms with van der Waals surface area (Å²) in [5.74, 6) is -4.78. The SMILES string of the molecule is CCc1c(Cl)c(O)c(Cl)c(O)c1C(=O)O[C@H]1[C@H](O)[C@H](OC)[C@H](OC/C2=C\C=C\C[C@H](O)/C(C)=C/[C@H](CC)C(O[C@@H]3OC(C)(C)[C@@H](OC(=O)C(C)C)[C@H](O)[C@@H]3O)/C(C)=C/C(C)=C/C[C@H]([C@@H](C)O)OC2=O)O[C@@H]1C. The summed E-state index contributed by atoms with van der Waals surface area (Å²) in [6.07, 6.45) is -5.45. The third kappa shape index (κ3) is 14.7. The molecule has 0 saturated carbocycles. The molecule has 4 rings (SSSR count). The molecule has 20 heteroatoms. The zero-order valence-electron chi connectivity index (χ0n) is 43.0. The summed E-state index contributed by atoms with van der Waals surface area (Å²) in [6, 6.07) is 0. The van der Waals surface area contributed by atoms with E-state index >= 15 is 0 Å². The highest BCUT2D eigenvalue weighted by Crippen LogP contribution is 2.45. The molecule has 14 atom stereocenters. The smallest absolute Gasteiger partial charge is 0.342 e. The van der Waals surface area contributed by atoms with Gasteiger partial charge in [0.05, 0.1) is 47.5 Å². The first kappa shape index (κ1) is 60.7. The third-order valence-corrected chi connectivity index (χ3v) is 13.8. The molecule has 0 amide bonds. The van der Waals surface area contributed by atoms with Crippen molar-refractivity contribution in [1.29, 1.82) is 0 Å². The molecule has 1 aromatic carbocycles. The quantitative estimate of drug-likeness (QED) is 0.0655. The number of phenols is 2. The predicted octanol–water partition coefficient (Wildman–Crippen LogP) is 6.23. The van der Waals surface area contributed by atoms with E-state index in [1.165, 1.54) is 33.1 Å². The Morgan fingerprint density at radius 3 is 2.17 bits per heavy atom. The van der Waals surface area contributed by atoms with E-state index in [4.69, 9.17) is 61.1 Å². The molecule has 3 aliphatic heterocycles. The summed E-state index contributed by atoms with van der Waals surface area (Å²) >= 11 is 12.3. The van der Waals surface area contributed by atoms with Gasteiger partial charge in [0.1, 0.15) is 46.7 Å². The second-order valence-electron chi connectivity index (χ2n) is 19.4. The monoisotopic (exact) mass is 1060 g/mol. The van der Waals surface area contributed by atoms with Crippen molar-refractivity contribution in [3.05, 3.63) is 79.9 Å². The fraction of sp³-hybridized carbons (Fsp3) is 0.635. The molecule has 18 nitrogen and oxygen atoms in total. The summed E-state index contributed by atoms with van der Waals surface area (Å²) < 4.78 is 47.5. The van der Waals surface area contributed by atoms with Gasteiger partial charge in [-0.05, 0) is 90.5 Å². The first-order valence-electron chi connectivity index (χ1n) is 24.2. The van der Waals surface area contributed by atoms with Crippen LogP contribution in [-0.4, -0.2) is 153 Å². The maximum atomic E-state index is 13.9. The summed E-state index contributed by atoms with van der Waals surface area (Å²) in [5.41, 5.74) is 0.318. The lowest BCUT2D eigenvalue weighted by Crippen LogP contribution is -2.64. The van der Waals surface area contributed by atoms with Crippen LogP contribution in [0.25, 0.3) is 0 Å². The van der Waals surface area contributed by atoms with Crippen LogP contribution < -0.4 is 0 Å². The van der Waals surface area contributed by atoms with Crippen molar-refractivity contribution in [1.82, 2.24) is 0 Å². The van der Waals surface area contributed by atoms with Gasteiger partial charge in [-0.25, -0.2) is 9.59 Å². The number of ether oxygens (including phenoxy) is 8. The molecular formula is C52H74Cl2O18. The number of aromatic hydroxyl groups is 2. The van der Waals surface area contributed by atoms with Crippen molar-refractivity contribution >= 4 is 41.1 Å². The number of carbonyl (C=O) groups excluding carboxylic acids is 3. The topological polar surface area (TPSA) is 267 Å². The van der Waals surface area contributed by atoms with Crippen LogP contribution in [-0.2, 0) is 53.9 Å². The van der Waals surface area contributed by atoms with Gasteiger partial charge in [0, 0.05) is 19.4 Å². The van der Waals surface area contributed by atoms with E-state index in [9.17, 15) is 50.1 Å². The average molecular weight is 1060 g/mol. The number of esters is 3. The number of aliphatic hydroxyl groups excluding tert-OH is 5. The van der Waals surface area contributed by atoms with Crippen molar-refractivity contribution in [2.45, 2.75) is 187 Å². The predicted molar refractivity (Wildman–Crippen MR) is 265 cm³/mol. The Balaban J connectivity index is 1.61. The van der Waals surface area contributed by atoms with Gasteiger partial charge in [0.25, 0.3) is 0 Å². The minimum Gasteiger partial charge on any atom is -0.505 e. The number of cyclic esters (lactones) is 1. The van der Waals surface area contributed by atoms with Gasteiger partial charge in [-0.3, -0.25) is 4.79 Å². The zero-order valence-corrected chi connectivity index (χ0v) is 44.5. The van der Waals surface area contributed by atoms with Crippen LogP contribution >= 0.6 is 23.2 Å². The van der Waals surface area contributed by atoms with Gasteiger partial charge in [-0.1, -0.05) is 86.9 Å². The molecule has 2 fully saturated rings. The Bertz CT molecular complexity index is 2220. The number of methoxy groups -OCH3 is 1. The van der Waals surface area contributed by atoms with E-state index in [0.717, 1.165) is 0 Å². The second-order valence-corrected chi connectivity index (χ2v) is 20.1. The van der Waals surface area contributed by atoms with Crippen molar-refractivity contribution in [3.8, 4) is 11.5 Å². The van der Waals surface area contributed by atoms with Crippen LogP contribution in [0.15, 0.2) is 58.7 Å². The van der Waals surface area contributed by atoms with Crippen LogP contribution in [0.1, 0.15) is 111 Å². The van der Waals surface area contributed by atoms with Crippen LogP contribution in [0.2, 0.25) is 10.0 Å². The normalized spacial score (nSPS) is 34.8. The molecule has 404 valence electrons. The number of hydrogen-bond acceptors (Lipinski definition) is 18. The maximum Gasteiger partial charge on any atom is 0.342 e.